The summed E-state index contributed by atoms with van der Waals surface area (Å²) in [5.41, 5.74) is 9.61. The minimum Gasteiger partial charge on any atom is -0.434 e. The fourth-order valence-electron chi connectivity index (χ4n) is 5.52. The normalized spacial score (nSPS) is 18.7. The number of benzene rings is 1. The maximum absolute atomic E-state index is 14.3. The van der Waals surface area contributed by atoms with Gasteiger partial charge in [-0.2, -0.15) is 13.9 Å². The lowest BCUT2D eigenvalue weighted by atomic mass is 9.85. The minimum atomic E-state index is -3.08. The van der Waals surface area contributed by atoms with Gasteiger partial charge < -0.3 is 15.5 Å². The molecular formula is C27H27ClF3N5O2. The van der Waals surface area contributed by atoms with Crippen molar-refractivity contribution in [1.82, 2.24) is 19.7 Å². The number of halogens is 4. The average molecular weight is 546 g/mol. The zero-order chi connectivity index (χ0) is 27.1. The van der Waals surface area contributed by atoms with E-state index in [2.05, 4.69) is 19.8 Å². The molecule has 1 fully saturated rings. The first-order chi connectivity index (χ1) is 18.2. The van der Waals surface area contributed by atoms with Gasteiger partial charge in [-0.25, -0.2) is 9.37 Å². The van der Waals surface area contributed by atoms with Crippen LogP contribution in [0.15, 0.2) is 36.8 Å². The van der Waals surface area contributed by atoms with Crippen LogP contribution in [0.1, 0.15) is 61.4 Å². The summed E-state index contributed by atoms with van der Waals surface area (Å²) in [5.74, 6) is -1.81. The number of ether oxygens (including phenoxy) is 1. The van der Waals surface area contributed by atoms with Gasteiger partial charge in [-0.15, -0.1) is 0 Å². The number of fused-ring (bicyclic) bond motifs is 1. The van der Waals surface area contributed by atoms with Crippen molar-refractivity contribution in [2.75, 3.05) is 0 Å². The Bertz CT molecular complexity index is 1490. The number of rotatable bonds is 7. The number of carbonyl (C=O) groups is 1. The third-order valence-corrected chi connectivity index (χ3v) is 7.96. The maximum Gasteiger partial charge on any atom is 0.387 e. The van der Waals surface area contributed by atoms with Gasteiger partial charge in [0.2, 0.25) is 5.91 Å². The Kier molecular flexibility index (Phi) is 7.09. The van der Waals surface area contributed by atoms with Gasteiger partial charge in [0.1, 0.15) is 17.2 Å². The van der Waals surface area contributed by atoms with Crippen LogP contribution in [0.2, 0.25) is 5.02 Å². The van der Waals surface area contributed by atoms with Gasteiger partial charge in [-0.3, -0.25) is 9.48 Å². The highest BCUT2D eigenvalue weighted by Gasteiger charge is 2.28. The van der Waals surface area contributed by atoms with E-state index in [4.69, 9.17) is 17.3 Å². The standard InChI is InChI=1S/C27H27ClF3N5O2/c1-13(23-22(38-27(30)31)8-7-21(29)24(23)28)19-11-34-26-18(19)9-16(10-33-26)20-12-35-36(14(20)2)17-5-3-15(4-6-17)25(32)37/h7-13,15,17,27H,3-6H2,1-2H3,(H2,32,37)(H,33,34)/t13-,15?,17?/m0/s1. The van der Waals surface area contributed by atoms with E-state index in [0.29, 0.717) is 11.2 Å². The van der Waals surface area contributed by atoms with Crippen LogP contribution in [0.5, 0.6) is 5.75 Å². The third-order valence-electron chi connectivity index (χ3n) is 7.57. The number of nitrogens with two attached hydrogens (primary N) is 1. The number of aromatic amines is 1. The Morgan fingerprint density at radius 3 is 2.66 bits per heavy atom. The van der Waals surface area contributed by atoms with Gasteiger partial charge in [0, 0.05) is 52.0 Å². The number of primary amides is 1. The Labute approximate surface area is 222 Å². The second-order valence-corrected chi connectivity index (χ2v) is 10.1. The lowest BCUT2D eigenvalue weighted by Crippen LogP contribution is -2.29. The van der Waals surface area contributed by atoms with Gasteiger partial charge >= 0.3 is 6.61 Å². The van der Waals surface area contributed by atoms with E-state index in [1.807, 2.05) is 17.7 Å². The van der Waals surface area contributed by atoms with Crippen molar-refractivity contribution in [2.45, 2.75) is 58.1 Å². The number of hydrogen-bond donors (Lipinski definition) is 2. The van der Waals surface area contributed by atoms with E-state index in [0.717, 1.165) is 60.0 Å². The number of H-pyrrole nitrogens is 1. The molecule has 1 amide bonds. The molecule has 0 radical (unpaired) electrons. The molecule has 0 aliphatic heterocycles. The van der Waals surface area contributed by atoms with Crippen LogP contribution < -0.4 is 10.5 Å². The van der Waals surface area contributed by atoms with E-state index >= 15 is 0 Å². The van der Waals surface area contributed by atoms with Crippen molar-refractivity contribution in [2.24, 2.45) is 11.7 Å². The van der Waals surface area contributed by atoms with Gasteiger partial charge in [0.15, 0.2) is 0 Å². The van der Waals surface area contributed by atoms with E-state index in [1.165, 1.54) is 0 Å². The second-order valence-electron chi connectivity index (χ2n) is 9.73. The topological polar surface area (TPSA) is 98.8 Å². The van der Waals surface area contributed by atoms with Crippen LogP contribution in [0.3, 0.4) is 0 Å². The molecule has 200 valence electrons. The highest BCUT2D eigenvalue weighted by molar-refractivity contribution is 6.31. The highest BCUT2D eigenvalue weighted by Crippen LogP contribution is 2.42. The average Bonchev–Trinajstić information content (AvgIpc) is 3.49. The first kappa shape index (κ1) is 26.1. The zero-order valence-electron chi connectivity index (χ0n) is 20.8. The number of nitrogens with one attached hydrogen (secondary N) is 1. The molecule has 11 heteroatoms. The largest absolute Gasteiger partial charge is 0.434 e. The Morgan fingerprint density at radius 2 is 1.97 bits per heavy atom. The van der Waals surface area contributed by atoms with Crippen LogP contribution in [0.25, 0.3) is 22.2 Å². The summed E-state index contributed by atoms with van der Waals surface area (Å²) in [6.45, 7) is 0.664. The Balaban J connectivity index is 1.49. The molecule has 1 aliphatic rings. The van der Waals surface area contributed by atoms with E-state index < -0.39 is 18.3 Å². The van der Waals surface area contributed by atoms with E-state index in [-0.39, 0.29) is 34.2 Å². The number of aromatic nitrogens is 4. The summed E-state index contributed by atoms with van der Waals surface area (Å²) >= 11 is 6.23. The molecule has 0 unspecified atom stereocenters. The van der Waals surface area contributed by atoms with Crippen LogP contribution >= 0.6 is 11.6 Å². The maximum atomic E-state index is 14.3. The summed E-state index contributed by atoms with van der Waals surface area (Å²) in [6, 6.07) is 4.30. The lowest BCUT2D eigenvalue weighted by molar-refractivity contribution is -0.122. The van der Waals surface area contributed by atoms with E-state index in [1.54, 1.807) is 25.5 Å². The summed E-state index contributed by atoms with van der Waals surface area (Å²) in [6.07, 6.45) is 8.39. The van der Waals surface area contributed by atoms with Crippen molar-refractivity contribution in [1.29, 1.82) is 0 Å². The molecule has 1 saturated carbocycles. The second kappa shape index (κ2) is 10.3. The number of hydrogen-bond acceptors (Lipinski definition) is 4. The number of pyridine rings is 1. The number of alkyl halides is 2. The van der Waals surface area contributed by atoms with Crippen molar-refractivity contribution in [3.05, 3.63) is 64.5 Å². The quantitative estimate of drug-likeness (QED) is 0.277. The van der Waals surface area contributed by atoms with Crippen LogP contribution in [0.4, 0.5) is 13.2 Å². The molecule has 3 N–H and O–H groups in total. The molecular weight excluding hydrogens is 519 g/mol. The molecule has 1 aromatic carbocycles. The minimum absolute atomic E-state index is 0.0830. The van der Waals surface area contributed by atoms with Gasteiger partial charge in [-0.05, 0) is 56.4 Å². The number of amides is 1. The number of carbonyl (C=O) groups excluding carboxylic acids is 1. The SMILES string of the molecule is Cc1c(-c2cnc3[nH]cc([C@H](C)c4c(OC(F)F)ccc(F)c4Cl)c3c2)cnn1C1CCC(C(N)=O)CC1. The van der Waals surface area contributed by atoms with Crippen molar-refractivity contribution >= 4 is 28.5 Å². The van der Waals surface area contributed by atoms with Crippen molar-refractivity contribution in [3.63, 3.8) is 0 Å². The fraction of sp³-hybridized carbons (Fsp3) is 0.370. The molecule has 0 saturated heterocycles. The van der Waals surface area contributed by atoms with Gasteiger partial charge in [0.05, 0.1) is 17.3 Å². The van der Waals surface area contributed by atoms with Crippen LogP contribution in [0, 0.1) is 18.7 Å². The molecule has 7 nitrogen and oxygen atoms in total. The Morgan fingerprint density at radius 1 is 1.24 bits per heavy atom. The summed E-state index contributed by atoms with van der Waals surface area (Å²) in [5, 5.41) is 5.11. The summed E-state index contributed by atoms with van der Waals surface area (Å²) in [4.78, 5) is 19.2. The van der Waals surface area contributed by atoms with Gasteiger partial charge in [0.25, 0.3) is 0 Å². The summed E-state index contributed by atoms with van der Waals surface area (Å²) in [7, 11) is 0. The molecule has 3 aromatic heterocycles. The third kappa shape index (κ3) is 4.73. The fourth-order valence-corrected chi connectivity index (χ4v) is 5.84. The lowest BCUT2D eigenvalue weighted by Gasteiger charge is -2.27. The molecule has 3 heterocycles. The predicted molar refractivity (Wildman–Crippen MR) is 138 cm³/mol. The van der Waals surface area contributed by atoms with Gasteiger partial charge in [-0.1, -0.05) is 18.5 Å². The smallest absolute Gasteiger partial charge is 0.387 e. The predicted octanol–water partition coefficient (Wildman–Crippen LogP) is 6.50. The molecule has 0 spiro atoms. The molecule has 4 aromatic rings. The molecule has 1 aliphatic carbocycles. The molecule has 38 heavy (non-hydrogen) atoms. The van der Waals surface area contributed by atoms with Crippen molar-refractivity contribution in [3.8, 4) is 16.9 Å². The Hall–Kier alpha value is -3.53. The zero-order valence-corrected chi connectivity index (χ0v) is 21.6. The van der Waals surface area contributed by atoms with Crippen molar-refractivity contribution < 1.29 is 22.7 Å². The first-order valence-electron chi connectivity index (χ1n) is 12.4. The number of nitrogens with zero attached hydrogens (tertiary/aromatic N) is 3. The molecule has 1 atom stereocenters. The molecule has 5 rings (SSSR count). The molecule has 0 bridgehead atoms. The van der Waals surface area contributed by atoms with Crippen LogP contribution in [-0.2, 0) is 4.79 Å². The van der Waals surface area contributed by atoms with Crippen LogP contribution in [-0.4, -0.2) is 32.3 Å². The van der Waals surface area contributed by atoms with E-state index in [9.17, 15) is 18.0 Å². The summed E-state index contributed by atoms with van der Waals surface area (Å²) < 4.78 is 47.1. The first-order valence-corrected chi connectivity index (χ1v) is 12.8. The monoisotopic (exact) mass is 545 g/mol. The highest BCUT2D eigenvalue weighted by atomic mass is 35.5.